The topological polar surface area (TPSA) is 108 Å². The minimum Gasteiger partial charge on any atom is -0.462 e. The predicted molar refractivity (Wildman–Crippen MR) is 113 cm³/mol. The number of rotatable bonds is 7. The van der Waals surface area contributed by atoms with Crippen molar-refractivity contribution in [1.82, 2.24) is 5.16 Å². The molecule has 31 heavy (non-hydrogen) atoms. The third-order valence-corrected chi connectivity index (χ3v) is 4.35. The summed E-state index contributed by atoms with van der Waals surface area (Å²) in [4.78, 5) is 37.5. The Kier molecular flexibility index (Phi) is 6.81. The molecule has 8 heteroatoms. The van der Waals surface area contributed by atoms with Gasteiger partial charge in [0.1, 0.15) is 17.0 Å². The highest BCUT2D eigenvalue weighted by molar-refractivity contribution is 6.09. The molecular weight excluding hydrogens is 400 g/mol. The van der Waals surface area contributed by atoms with Crippen LogP contribution in [0.5, 0.6) is 0 Å². The lowest BCUT2D eigenvalue weighted by Gasteiger charge is -2.11. The fourth-order valence-electron chi connectivity index (χ4n) is 2.99. The SMILES string of the molecule is CCOC(=O)c1cc(NC(=O)c2c(-c3ccccc3)noc2C)cc(C(=O)OCC)c1. The van der Waals surface area contributed by atoms with E-state index in [0.717, 1.165) is 5.56 Å². The van der Waals surface area contributed by atoms with Crippen molar-refractivity contribution in [3.63, 3.8) is 0 Å². The zero-order chi connectivity index (χ0) is 22.4. The Balaban J connectivity index is 1.97. The quantitative estimate of drug-likeness (QED) is 0.567. The van der Waals surface area contributed by atoms with Crippen LogP contribution in [0.3, 0.4) is 0 Å². The van der Waals surface area contributed by atoms with Gasteiger partial charge in [-0.1, -0.05) is 35.5 Å². The van der Waals surface area contributed by atoms with Crippen molar-refractivity contribution >= 4 is 23.5 Å². The van der Waals surface area contributed by atoms with E-state index in [1.807, 2.05) is 30.3 Å². The number of ether oxygens (including phenoxy) is 2. The minimum absolute atomic E-state index is 0.119. The van der Waals surface area contributed by atoms with Crippen LogP contribution in [-0.4, -0.2) is 36.2 Å². The predicted octanol–water partition coefficient (Wildman–Crippen LogP) is 4.26. The highest BCUT2D eigenvalue weighted by atomic mass is 16.5. The maximum absolute atomic E-state index is 13.1. The van der Waals surface area contributed by atoms with Crippen LogP contribution in [-0.2, 0) is 9.47 Å². The second kappa shape index (κ2) is 9.71. The molecule has 0 aliphatic rings. The first-order valence-electron chi connectivity index (χ1n) is 9.77. The molecule has 0 atom stereocenters. The van der Waals surface area contributed by atoms with Gasteiger partial charge in [-0.3, -0.25) is 4.79 Å². The molecule has 8 nitrogen and oxygen atoms in total. The molecule has 1 heterocycles. The molecule has 2 aromatic carbocycles. The van der Waals surface area contributed by atoms with E-state index in [-0.39, 0.29) is 35.6 Å². The molecule has 1 amide bonds. The van der Waals surface area contributed by atoms with Crippen molar-refractivity contribution in [2.24, 2.45) is 0 Å². The summed E-state index contributed by atoms with van der Waals surface area (Å²) in [6.45, 7) is 5.33. The molecule has 0 bridgehead atoms. The minimum atomic E-state index is -0.615. The average Bonchev–Trinajstić information content (AvgIpc) is 3.16. The van der Waals surface area contributed by atoms with Gasteiger partial charge >= 0.3 is 11.9 Å². The van der Waals surface area contributed by atoms with Gasteiger partial charge in [0, 0.05) is 11.3 Å². The van der Waals surface area contributed by atoms with Crippen LogP contribution in [0.1, 0.15) is 50.7 Å². The summed E-state index contributed by atoms with van der Waals surface area (Å²) in [5.41, 5.74) is 1.84. The molecule has 0 radical (unpaired) electrons. The van der Waals surface area contributed by atoms with Crippen molar-refractivity contribution in [2.45, 2.75) is 20.8 Å². The first-order valence-corrected chi connectivity index (χ1v) is 9.77. The first kappa shape index (κ1) is 21.8. The molecule has 0 fully saturated rings. The highest BCUT2D eigenvalue weighted by Gasteiger charge is 2.23. The molecule has 3 rings (SSSR count). The summed E-state index contributed by atoms with van der Waals surface area (Å²) in [6, 6.07) is 13.4. The van der Waals surface area contributed by atoms with E-state index in [0.29, 0.717) is 11.5 Å². The first-order chi connectivity index (χ1) is 14.9. The molecule has 1 N–H and O–H groups in total. The molecule has 0 spiro atoms. The van der Waals surface area contributed by atoms with Gasteiger partial charge in [-0.25, -0.2) is 9.59 Å². The van der Waals surface area contributed by atoms with Gasteiger partial charge in [-0.15, -0.1) is 0 Å². The highest BCUT2D eigenvalue weighted by Crippen LogP contribution is 2.26. The number of esters is 2. The Morgan fingerprint density at radius 1 is 0.935 bits per heavy atom. The molecule has 160 valence electrons. The number of carbonyl (C=O) groups is 3. The van der Waals surface area contributed by atoms with Crippen LogP contribution in [0, 0.1) is 6.92 Å². The van der Waals surface area contributed by atoms with Crippen molar-refractivity contribution in [1.29, 1.82) is 0 Å². The molecule has 0 aliphatic heterocycles. The van der Waals surface area contributed by atoms with Gasteiger partial charge in [0.05, 0.1) is 24.3 Å². The maximum atomic E-state index is 13.1. The van der Waals surface area contributed by atoms with E-state index in [1.54, 1.807) is 20.8 Å². The largest absolute Gasteiger partial charge is 0.462 e. The van der Waals surface area contributed by atoms with E-state index >= 15 is 0 Å². The summed E-state index contributed by atoms with van der Waals surface area (Å²) in [5.74, 6) is -1.39. The Hall–Kier alpha value is -3.94. The number of carbonyl (C=O) groups excluding carboxylic acids is 3. The van der Waals surface area contributed by atoms with Crippen LogP contribution < -0.4 is 5.32 Å². The Bertz CT molecular complexity index is 1070. The standard InChI is InChI=1S/C23H22N2O6/c1-4-29-22(27)16-11-17(23(28)30-5-2)13-18(12-16)24-21(26)19-14(3)31-25-20(19)15-9-7-6-8-10-15/h6-13H,4-5H2,1-3H3,(H,24,26). The van der Waals surface area contributed by atoms with Gasteiger partial charge in [0.15, 0.2) is 0 Å². The fraction of sp³-hybridized carbons (Fsp3) is 0.217. The van der Waals surface area contributed by atoms with E-state index in [1.165, 1.54) is 18.2 Å². The number of amides is 1. The summed E-state index contributed by atoms with van der Waals surface area (Å²) in [5, 5.41) is 6.72. The molecule has 0 saturated heterocycles. The van der Waals surface area contributed by atoms with Crippen molar-refractivity contribution in [2.75, 3.05) is 18.5 Å². The number of hydrogen-bond acceptors (Lipinski definition) is 7. The van der Waals surface area contributed by atoms with Gasteiger partial charge in [-0.2, -0.15) is 0 Å². The molecule has 0 saturated carbocycles. The van der Waals surface area contributed by atoms with Crippen LogP contribution in [0.25, 0.3) is 11.3 Å². The molecular formula is C23H22N2O6. The average molecular weight is 422 g/mol. The zero-order valence-electron chi connectivity index (χ0n) is 17.4. The molecule has 0 aliphatic carbocycles. The van der Waals surface area contributed by atoms with Crippen molar-refractivity contribution in [3.05, 3.63) is 71.0 Å². The Labute approximate surface area is 179 Å². The van der Waals surface area contributed by atoms with Crippen molar-refractivity contribution < 1.29 is 28.4 Å². The van der Waals surface area contributed by atoms with Gasteiger partial charge in [0.2, 0.25) is 0 Å². The number of aromatic nitrogens is 1. The molecule has 1 aromatic heterocycles. The summed E-state index contributed by atoms with van der Waals surface area (Å²) >= 11 is 0. The number of anilines is 1. The van der Waals surface area contributed by atoms with Crippen LogP contribution >= 0.6 is 0 Å². The lowest BCUT2D eigenvalue weighted by molar-refractivity contribution is 0.0525. The lowest BCUT2D eigenvalue weighted by atomic mass is 10.0. The van der Waals surface area contributed by atoms with Gasteiger partial charge < -0.3 is 19.3 Å². The normalized spacial score (nSPS) is 10.4. The van der Waals surface area contributed by atoms with Crippen LogP contribution in [0.15, 0.2) is 53.1 Å². The van der Waals surface area contributed by atoms with E-state index < -0.39 is 17.8 Å². The number of aryl methyl sites for hydroxylation is 1. The maximum Gasteiger partial charge on any atom is 0.338 e. The molecule has 0 unspecified atom stereocenters. The second-order valence-electron chi connectivity index (χ2n) is 6.52. The number of nitrogens with zero attached hydrogens (tertiary/aromatic N) is 1. The smallest absolute Gasteiger partial charge is 0.338 e. The van der Waals surface area contributed by atoms with Crippen LogP contribution in [0.4, 0.5) is 5.69 Å². The summed E-state index contributed by atoms with van der Waals surface area (Å²) < 4.78 is 15.3. The lowest BCUT2D eigenvalue weighted by Crippen LogP contribution is -2.16. The summed E-state index contributed by atoms with van der Waals surface area (Å²) in [7, 11) is 0. The van der Waals surface area contributed by atoms with E-state index in [4.69, 9.17) is 14.0 Å². The van der Waals surface area contributed by atoms with E-state index in [9.17, 15) is 14.4 Å². The van der Waals surface area contributed by atoms with Gasteiger partial charge in [0.25, 0.3) is 5.91 Å². The van der Waals surface area contributed by atoms with Gasteiger partial charge in [-0.05, 0) is 39.0 Å². The fourth-order valence-corrected chi connectivity index (χ4v) is 2.99. The zero-order valence-corrected chi connectivity index (χ0v) is 17.4. The third kappa shape index (κ3) is 4.98. The van der Waals surface area contributed by atoms with E-state index in [2.05, 4.69) is 10.5 Å². The summed E-state index contributed by atoms with van der Waals surface area (Å²) in [6.07, 6.45) is 0. The number of benzene rings is 2. The molecule has 3 aromatic rings. The van der Waals surface area contributed by atoms with Crippen molar-refractivity contribution in [3.8, 4) is 11.3 Å². The third-order valence-electron chi connectivity index (χ3n) is 4.35. The number of hydrogen-bond donors (Lipinski definition) is 1. The Morgan fingerprint density at radius 3 is 2.06 bits per heavy atom. The Morgan fingerprint density at radius 2 is 1.52 bits per heavy atom. The van der Waals surface area contributed by atoms with Crippen LogP contribution in [0.2, 0.25) is 0 Å². The monoisotopic (exact) mass is 422 g/mol. The second-order valence-corrected chi connectivity index (χ2v) is 6.52. The number of nitrogens with one attached hydrogen (secondary N) is 1.